The van der Waals surface area contributed by atoms with Crippen LogP contribution in [0, 0.1) is 0 Å². The molecule has 4 nitrogen and oxygen atoms in total. The lowest BCUT2D eigenvalue weighted by molar-refractivity contribution is -0.150. The number of hydrogen-bond acceptors (Lipinski definition) is 3. The first-order valence-corrected chi connectivity index (χ1v) is 17.8. The first kappa shape index (κ1) is 39.4. The third kappa shape index (κ3) is 32.8. The van der Waals surface area contributed by atoms with Gasteiger partial charge >= 0.3 is 11.9 Å². The molecule has 0 saturated heterocycles. The molecule has 1 unspecified atom stereocenters. The van der Waals surface area contributed by atoms with Crippen LogP contribution in [0.1, 0.15) is 194 Å². The molecule has 0 aliphatic carbocycles. The van der Waals surface area contributed by atoms with Crippen LogP contribution in [0.25, 0.3) is 0 Å². The van der Waals surface area contributed by atoms with Crippen molar-refractivity contribution >= 4 is 11.9 Å². The molecule has 1 atom stereocenters. The van der Waals surface area contributed by atoms with Crippen LogP contribution in [0.4, 0.5) is 0 Å². The summed E-state index contributed by atoms with van der Waals surface area (Å²) in [7, 11) is 0. The molecule has 0 saturated carbocycles. The van der Waals surface area contributed by atoms with Gasteiger partial charge in [-0.1, -0.05) is 134 Å². The van der Waals surface area contributed by atoms with E-state index >= 15 is 0 Å². The summed E-state index contributed by atoms with van der Waals surface area (Å²) in [6.45, 7) is 4.50. The highest BCUT2D eigenvalue weighted by Gasteiger charge is 2.14. The molecular weight excluding hydrogens is 508 g/mol. The van der Waals surface area contributed by atoms with Crippen molar-refractivity contribution in [2.24, 2.45) is 0 Å². The molecule has 0 radical (unpaired) electrons. The van der Waals surface area contributed by atoms with Crippen LogP contribution >= 0.6 is 0 Å². The van der Waals surface area contributed by atoms with Gasteiger partial charge in [-0.05, 0) is 70.6 Å². The van der Waals surface area contributed by atoms with Gasteiger partial charge in [-0.2, -0.15) is 0 Å². The van der Waals surface area contributed by atoms with Crippen LogP contribution in [0.5, 0.6) is 0 Å². The minimum atomic E-state index is -0.713. The fraction of sp³-hybridized carbons (Fsp3) is 0.838. The van der Waals surface area contributed by atoms with E-state index in [2.05, 4.69) is 38.2 Å². The SMILES string of the molecule is CCCCCC/C=C\C/C=C\CCCCCCCCCC(=O)OC(CCCCCCCC)CCCCCCC(=O)O. The molecule has 240 valence electrons. The van der Waals surface area contributed by atoms with Crippen molar-refractivity contribution in [1.82, 2.24) is 0 Å². The number of ether oxygens (including phenoxy) is 1. The maximum absolute atomic E-state index is 12.5. The first-order valence-electron chi connectivity index (χ1n) is 17.8. The van der Waals surface area contributed by atoms with E-state index in [9.17, 15) is 9.59 Å². The molecule has 0 amide bonds. The van der Waals surface area contributed by atoms with E-state index in [1.54, 1.807) is 0 Å². The Morgan fingerprint density at radius 1 is 0.537 bits per heavy atom. The highest BCUT2D eigenvalue weighted by atomic mass is 16.5. The highest BCUT2D eigenvalue weighted by molar-refractivity contribution is 5.69. The third-order valence-electron chi connectivity index (χ3n) is 7.93. The molecular formula is C37H68O4. The highest BCUT2D eigenvalue weighted by Crippen LogP contribution is 2.18. The van der Waals surface area contributed by atoms with Gasteiger partial charge in [0.2, 0.25) is 0 Å². The Kier molecular flexibility index (Phi) is 31.7. The Balaban J connectivity index is 3.85. The van der Waals surface area contributed by atoms with Crippen LogP contribution in [-0.2, 0) is 14.3 Å². The summed E-state index contributed by atoms with van der Waals surface area (Å²) in [6, 6.07) is 0. The lowest BCUT2D eigenvalue weighted by Crippen LogP contribution is -2.18. The standard InChI is InChI=1S/C37H68O4/c1-3-5-7-9-11-12-13-14-15-16-17-18-19-20-21-22-24-30-34-37(40)41-35(31-27-23-10-8-6-4-2)32-28-25-26-29-33-36(38)39/h12-13,15-16,35H,3-11,14,17-34H2,1-2H3,(H,38,39)/b13-12-,16-15-. The first-order chi connectivity index (χ1) is 20.1. The number of carboxylic acids is 1. The van der Waals surface area contributed by atoms with Crippen molar-refractivity contribution < 1.29 is 19.4 Å². The van der Waals surface area contributed by atoms with Gasteiger partial charge in [-0.25, -0.2) is 0 Å². The minimum Gasteiger partial charge on any atom is -0.481 e. The Hall–Kier alpha value is -1.58. The number of esters is 1. The maximum atomic E-state index is 12.5. The Labute approximate surface area is 255 Å². The number of rotatable bonds is 32. The van der Waals surface area contributed by atoms with Crippen molar-refractivity contribution in [3.63, 3.8) is 0 Å². The van der Waals surface area contributed by atoms with Crippen molar-refractivity contribution in [3.8, 4) is 0 Å². The van der Waals surface area contributed by atoms with Crippen molar-refractivity contribution in [3.05, 3.63) is 24.3 Å². The van der Waals surface area contributed by atoms with Crippen LogP contribution in [0.3, 0.4) is 0 Å². The monoisotopic (exact) mass is 577 g/mol. The molecule has 0 aromatic heterocycles. The van der Waals surface area contributed by atoms with E-state index in [0.29, 0.717) is 6.42 Å². The van der Waals surface area contributed by atoms with Gasteiger partial charge in [0, 0.05) is 12.8 Å². The van der Waals surface area contributed by atoms with Gasteiger partial charge < -0.3 is 9.84 Å². The molecule has 0 rings (SSSR count). The quantitative estimate of drug-likeness (QED) is 0.0491. The summed E-state index contributed by atoms with van der Waals surface area (Å²) < 4.78 is 5.91. The second-order valence-electron chi connectivity index (χ2n) is 12.1. The average Bonchev–Trinajstić information content (AvgIpc) is 2.95. The van der Waals surface area contributed by atoms with Gasteiger partial charge in [0.05, 0.1) is 0 Å². The summed E-state index contributed by atoms with van der Waals surface area (Å²) in [6.07, 6.45) is 40.5. The normalized spacial score (nSPS) is 12.4. The van der Waals surface area contributed by atoms with Crippen molar-refractivity contribution in [2.75, 3.05) is 0 Å². The Morgan fingerprint density at radius 2 is 0.951 bits per heavy atom. The van der Waals surface area contributed by atoms with E-state index in [4.69, 9.17) is 9.84 Å². The fourth-order valence-electron chi connectivity index (χ4n) is 5.27. The number of aliphatic carboxylic acids is 1. The zero-order chi connectivity index (χ0) is 30.1. The molecule has 0 spiro atoms. The fourth-order valence-corrected chi connectivity index (χ4v) is 5.27. The zero-order valence-corrected chi connectivity index (χ0v) is 27.4. The number of carbonyl (C=O) groups excluding carboxylic acids is 1. The van der Waals surface area contributed by atoms with Gasteiger partial charge in [0.1, 0.15) is 6.10 Å². The summed E-state index contributed by atoms with van der Waals surface area (Å²) in [5.74, 6) is -0.736. The van der Waals surface area contributed by atoms with Gasteiger partial charge in [0.15, 0.2) is 0 Å². The number of carbonyl (C=O) groups is 2. The second kappa shape index (κ2) is 32.9. The zero-order valence-electron chi connectivity index (χ0n) is 27.4. The molecule has 0 aliphatic heterocycles. The van der Waals surface area contributed by atoms with Crippen LogP contribution in [-0.4, -0.2) is 23.1 Å². The summed E-state index contributed by atoms with van der Waals surface area (Å²) in [4.78, 5) is 23.2. The van der Waals surface area contributed by atoms with Gasteiger partial charge in [-0.3, -0.25) is 9.59 Å². The molecule has 0 aromatic rings. The molecule has 0 aromatic carbocycles. The summed E-state index contributed by atoms with van der Waals surface area (Å²) >= 11 is 0. The number of carboxylic acid groups (broad SMARTS) is 1. The van der Waals surface area contributed by atoms with E-state index in [0.717, 1.165) is 64.2 Å². The topological polar surface area (TPSA) is 63.6 Å². The number of allylic oxidation sites excluding steroid dienone is 4. The predicted octanol–water partition coefficient (Wildman–Crippen LogP) is 12.1. The Bertz CT molecular complexity index is 624. The molecule has 0 fully saturated rings. The molecule has 0 aliphatic rings. The maximum Gasteiger partial charge on any atom is 0.306 e. The van der Waals surface area contributed by atoms with E-state index in [1.165, 1.54) is 103 Å². The van der Waals surface area contributed by atoms with E-state index in [-0.39, 0.29) is 18.5 Å². The molecule has 4 heteroatoms. The van der Waals surface area contributed by atoms with Crippen LogP contribution < -0.4 is 0 Å². The summed E-state index contributed by atoms with van der Waals surface area (Å²) in [5, 5.41) is 8.79. The predicted molar refractivity (Wildman–Crippen MR) is 176 cm³/mol. The molecule has 0 heterocycles. The minimum absolute atomic E-state index is 0.0232. The Morgan fingerprint density at radius 3 is 1.46 bits per heavy atom. The second-order valence-corrected chi connectivity index (χ2v) is 12.1. The van der Waals surface area contributed by atoms with Crippen molar-refractivity contribution in [1.29, 1.82) is 0 Å². The lowest BCUT2D eigenvalue weighted by Gasteiger charge is -2.18. The van der Waals surface area contributed by atoms with Gasteiger partial charge in [-0.15, -0.1) is 0 Å². The summed E-state index contributed by atoms with van der Waals surface area (Å²) in [5.41, 5.74) is 0. The van der Waals surface area contributed by atoms with Crippen molar-refractivity contribution in [2.45, 2.75) is 200 Å². The van der Waals surface area contributed by atoms with E-state index in [1.807, 2.05) is 0 Å². The molecule has 41 heavy (non-hydrogen) atoms. The third-order valence-corrected chi connectivity index (χ3v) is 7.93. The number of hydrogen-bond donors (Lipinski definition) is 1. The van der Waals surface area contributed by atoms with Gasteiger partial charge in [0.25, 0.3) is 0 Å². The van der Waals surface area contributed by atoms with Crippen LogP contribution in [0.2, 0.25) is 0 Å². The smallest absolute Gasteiger partial charge is 0.306 e. The molecule has 1 N–H and O–H groups in total. The van der Waals surface area contributed by atoms with E-state index < -0.39 is 5.97 Å². The largest absolute Gasteiger partial charge is 0.481 e. The molecule has 0 bridgehead atoms. The number of unbranched alkanes of at least 4 members (excludes halogenated alkanes) is 19. The van der Waals surface area contributed by atoms with Crippen LogP contribution in [0.15, 0.2) is 24.3 Å². The average molecular weight is 577 g/mol. The lowest BCUT2D eigenvalue weighted by atomic mass is 10.0.